The smallest absolute Gasteiger partial charge is 0.293 e. The number of nitro benzene ring substituents is 1. The number of amides is 1. The second kappa shape index (κ2) is 10.4. The van der Waals surface area contributed by atoms with Crippen LogP contribution in [0.2, 0.25) is 0 Å². The van der Waals surface area contributed by atoms with Crippen molar-refractivity contribution < 1.29 is 19.2 Å². The van der Waals surface area contributed by atoms with E-state index >= 15 is 0 Å². The number of ether oxygens (including phenoxy) is 2. The van der Waals surface area contributed by atoms with E-state index in [0.717, 1.165) is 11.1 Å². The third kappa shape index (κ3) is 6.18. The Labute approximate surface area is 170 Å². The van der Waals surface area contributed by atoms with Crippen LogP contribution in [-0.4, -0.2) is 42.5 Å². The summed E-state index contributed by atoms with van der Waals surface area (Å²) in [5, 5.41) is 13.9. The molecule has 0 aromatic heterocycles. The van der Waals surface area contributed by atoms with Gasteiger partial charge in [-0.25, -0.2) is 0 Å². The van der Waals surface area contributed by atoms with Gasteiger partial charge in [-0.05, 0) is 49.7 Å². The molecule has 0 aliphatic rings. The van der Waals surface area contributed by atoms with Crippen molar-refractivity contribution in [1.82, 2.24) is 4.90 Å². The fourth-order valence-corrected chi connectivity index (χ4v) is 2.91. The molecule has 29 heavy (non-hydrogen) atoms. The lowest BCUT2D eigenvalue weighted by Crippen LogP contribution is -2.32. The number of likely N-dealkylation sites (N-methyl/N-ethyl adjacent to an activating group) is 1. The third-order valence-corrected chi connectivity index (χ3v) is 4.37. The molecule has 0 aliphatic heterocycles. The highest BCUT2D eigenvalue weighted by Crippen LogP contribution is 2.29. The molecule has 0 bridgehead atoms. The molecule has 0 saturated carbocycles. The monoisotopic (exact) mass is 401 g/mol. The van der Waals surface area contributed by atoms with Gasteiger partial charge in [-0.15, -0.1) is 0 Å². The number of nitro groups is 1. The largest absolute Gasteiger partial charge is 0.493 e. The zero-order chi connectivity index (χ0) is 21.4. The highest BCUT2D eigenvalue weighted by Gasteiger charge is 2.18. The van der Waals surface area contributed by atoms with E-state index in [1.165, 1.54) is 6.07 Å². The van der Waals surface area contributed by atoms with Crippen molar-refractivity contribution in [3.8, 4) is 11.5 Å². The van der Waals surface area contributed by atoms with Crippen molar-refractivity contribution in [2.75, 3.05) is 32.1 Å². The van der Waals surface area contributed by atoms with Gasteiger partial charge in [0.2, 0.25) is 5.91 Å². The molecule has 1 N–H and O–H groups in total. The van der Waals surface area contributed by atoms with E-state index in [4.69, 9.17) is 9.47 Å². The average molecular weight is 401 g/mol. The van der Waals surface area contributed by atoms with Crippen LogP contribution >= 0.6 is 0 Å². The van der Waals surface area contributed by atoms with Crippen LogP contribution in [0.25, 0.3) is 0 Å². The lowest BCUT2D eigenvalue weighted by Gasteiger charge is -2.21. The summed E-state index contributed by atoms with van der Waals surface area (Å²) in [5.74, 6) is 1.00. The van der Waals surface area contributed by atoms with Gasteiger partial charge < -0.3 is 14.8 Å². The first kappa shape index (κ1) is 22.2. The predicted molar refractivity (Wildman–Crippen MR) is 112 cm³/mol. The second-order valence-electron chi connectivity index (χ2n) is 6.55. The van der Waals surface area contributed by atoms with Crippen LogP contribution in [0.15, 0.2) is 36.4 Å². The van der Waals surface area contributed by atoms with Crippen LogP contribution in [0, 0.1) is 17.0 Å². The normalized spacial score (nSPS) is 10.7. The van der Waals surface area contributed by atoms with Crippen molar-refractivity contribution in [3.63, 3.8) is 0 Å². The topological polar surface area (TPSA) is 93.9 Å². The molecule has 156 valence electrons. The van der Waals surface area contributed by atoms with E-state index in [9.17, 15) is 14.9 Å². The fraction of sp³-hybridized carbons (Fsp3) is 0.381. The Hall–Kier alpha value is -3.13. The number of carbonyl (C=O) groups is 1. The molecule has 2 aromatic rings. The van der Waals surface area contributed by atoms with Gasteiger partial charge in [0.1, 0.15) is 5.69 Å². The minimum absolute atomic E-state index is 0.108. The van der Waals surface area contributed by atoms with Gasteiger partial charge >= 0.3 is 0 Å². The lowest BCUT2D eigenvalue weighted by atomic mass is 10.1. The Kier molecular flexibility index (Phi) is 7.97. The number of methoxy groups -OCH3 is 1. The Bertz CT molecular complexity index is 869. The molecule has 2 aromatic carbocycles. The van der Waals surface area contributed by atoms with E-state index in [1.54, 1.807) is 26.2 Å². The molecule has 2 rings (SSSR count). The highest BCUT2D eigenvalue weighted by atomic mass is 16.6. The zero-order valence-electron chi connectivity index (χ0n) is 17.2. The summed E-state index contributed by atoms with van der Waals surface area (Å²) in [5.41, 5.74) is 1.82. The van der Waals surface area contributed by atoms with Gasteiger partial charge in [0, 0.05) is 12.6 Å². The maximum absolute atomic E-state index is 12.5. The van der Waals surface area contributed by atoms with E-state index in [1.807, 2.05) is 36.9 Å². The zero-order valence-corrected chi connectivity index (χ0v) is 17.2. The van der Waals surface area contributed by atoms with Crippen LogP contribution in [0.3, 0.4) is 0 Å². The maximum atomic E-state index is 12.5. The number of anilines is 1. The second-order valence-corrected chi connectivity index (χ2v) is 6.55. The molecular weight excluding hydrogens is 374 g/mol. The number of nitrogens with zero attached hydrogens (tertiary/aromatic N) is 2. The van der Waals surface area contributed by atoms with E-state index in [2.05, 4.69) is 5.32 Å². The van der Waals surface area contributed by atoms with Gasteiger partial charge in [-0.1, -0.05) is 19.1 Å². The third-order valence-electron chi connectivity index (χ3n) is 4.37. The standard InChI is InChI=1S/C21H27N3O5/c1-5-23(13-16-8-10-19(29-6-2)20(12-16)28-4)14-21(25)22-17-9-7-15(3)11-18(17)24(26)27/h7-12H,5-6,13-14H2,1-4H3,(H,22,25). The molecule has 0 heterocycles. The number of hydrogen-bond acceptors (Lipinski definition) is 6. The summed E-state index contributed by atoms with van der Waals surface area (Å²) in [6.07, 6.45) is 0. The summed E-state index contributed by atoms with van der Waals surface area (Å²) in [4.78, 5) is 25.1. The molecule has 0 aliphatic carbocycles. The summed E-state index contributed by atoms with van der Waals surface area (Å²) in [7, 11) is 1.58. The first-order valence-corrected chi connectivity index (χ1v) is 9.44. The Morgan fingerprint density at radius 2 is 1.93 bits per heavy atom. The van der Waals surface area contributed by atoms with E-state index in [-0.39, 0.29) is 23.8 Å². The van der Waals surface area contributed by atoms with Gasteiger partial charge in [0.05, 0.1) is 25.2 Å². The fourth-order valence-electron chi connectivity index (χ4n) is 2.91. The number of aryl methyl sites for hydroxylation is 1. The molecule has 0 fully saturated rings. The summed E-state index contributed by atoms with van der Waals surface area (Å²) >= 11 is 0. The lowest BCUT2D eigenvalue weighted by molar-refractivity contribution is -0.384. The van der Waals surface area contributed by atoms with Crippen molar-refractivity contribution in [1.29, 1.82) is 0 Å². The molecule has 0 atom stereocenters. The summed E-state index contributed by atoms with van der Waals surface area (Å²) in [6, 6.07) is 10.4. The van der Waals surface area contributed by atoms with Crippen LogP contribution in [0.1, 0.15) is 25.0 Å². The minimum Gasteiger partial charge on any atom is -0.493 e. The van der Waals surface area contributed by atoms with Crippen molar-refractivity contribution in [2.24, 2.45) is 0 Å². The molecule has 0 radical (unpaired) electrons. The van der Waals surface area contributed by atoms with Gasteiger partial charge in [0.25, 0.3) is 5.69 Å². The van der Waals surface area contributed by atoms with Crippen LogP contribution < -0.4 is 14.8 Å². The molecule has 8 nitrogen and oxygen atoms in total. The Morgan fingerprint density at radius 3 is 2.55 bits per heavy atom. The van der Waals surface area contributed by atoms with E-state index < -0.39 is 4.92 Å². The Balaban J connectivity index is 2.06. The SMILES string of the molecule is CCOc1ccc(CN(CC)CC(=O)Nc2ccc(C)cc2[N+](=O)[O-])cc1OC. The van der Waals surface area contributed by atoms with Gasteiger partial charge in [-0.3, -0.25) is 19.8 Å². The van der Waals surface area contributed by atoms with Crippen molar-refractivity contribution >= 4 is 17.3 Å². The molecule has 0 spiro atoms. The van der Waals surface area contributed by atoms with Gasteiger partial charge in [-0.2, -0.15) is 0 Å². The first-order chi connectivity index (χ1) is 13.9. The molecule has 8 heteroatoms. The highest BCUT2D eigenvalue weighted by molar-refractivity contribution is 5.94. The average Bonchev–Trinajstić information content (AvgIpc) is 2.69. The van der Waals surface area contributed by atoms with E-state index in [0.29, 0.717) is 31.2 Å². The Morgan fingerprint density at radius 1 is 1.17 bits per heavy atom. The molecule has 1 amide bonds. The quantitative estimate of drug-likeness (QED) is 0.481. The number of benzene rings is 2. The van der Waals surface area contributed by atoms with Crippen molar-refractivity contribution in [3.05, 3.63) is 57.6 Å². The molecule has 0 saturated heterocycles. The molecule has 0 unspecified atom stereocenters. The van der Waals surface area contributed by atoms with Crippen LogP contribution in [0.4, 0.5) is 11.4 Å². The number of rotatable bonds is 10. The molecular formula is C21H27N3O5. The predicted octanol–water partition coefficient (Wildman–Crippen LogP) is 3.77. The van der Waals surface area contributed by atoms with Crippen LogP contribution in [0.5, 0.6) is 11.5 Å². The summed E-state index contributed by atoms with van der Waals surface area (Å²) in [6.45, 7) is 7.44. The number of hydrogen-bond donors (Lipinski definition) is 1. The number of carbonyl (C=O) groups excluding carboxylic acids is 1. The van der Waals surface area contributed by atoms with Gasteiger partial charge in [0.15, 0.2) is 11.5 Å². The summed E-state index contributed by atoms with van der Waals surface area (Å²) < 4.78 is 10.9. The minimum atomic E-state index is -0.494. The maximum Gasteiger partial charge on any atom is 0.293 e. The number of nitrogens with one attached hydrogen (secondary N) is 1. The van der Waals surface area contributed by atoms with Crippen LogP contribution in [-0.2, 0) is 11.3 Å². The first-order valence-electron chi connectivity index (χ1n) is 9.44. The van der Waals surface area contributed by atoms with Crippen molar-refractivity contribution in [2.45, 2.75) is 27.3 Å².